The number of nitrogens with zero attached hydrogens (tertiary/aromatic N) is 5. The van der Waals surface area contributed by atoms with E-state index in [1.807, 2.05) is 65.3 Å². The summed E-state index contributed by atoms with van der Waals surface area (Å²) in [5.41, 5.74) is 5.92. The molecule has 0 spiro atoms. The maximum absolute atomic E-state index is 12.7. The molecule has 1 atom stereocenters. The summed E-state index contributed by atoms with van der Waals surface area (Å²) in [5, 5.41) is 10.8. The molecule has 4 heterocycles. The molecular weight excluding hydrogens is 426 g/mol. The number of pyridine rings is 1. The van der Waals surface area contributed by atoms with Crippen molar-refractivity contribution in [3.63, 3.8) is 0 Å². The van der Waals surface area contributed by atoms with Gasteiger partial charge in [-0.1, -0.05) is 13.8 Å². The van der Waals surface area contributed by atoms with Gasteiger partial charge in [-0.05, 0) is 68.3 Å². The van der Waals surface area contributed by atoms with Crippen molar-refractivity contribution < 1.29 is 4.79 Å². The summed E-state index contributed by atoms with van der Waals surface area (Å²) in [6.07, 6.45) is 7.52. The summed E-state index contributed by atoms with van der Waals surface area (Å²) in [6, 6.07) is 13.8. The molecule has 2 N–H and O–H groups in total. The first-order valence-corrected chi connectivity index (χ1v) is 11.7. The van der Waals surface area contributed by atoms with Crippen molar-refractivity contribution in [1.82, 2.24) is 24.9 Å². The molecule has 3 aromatic heterocycles. The number of anilines is 3. The van der Waals surface area contributed by atoms with Crippen LogP contribution in [0.3, 0.4) is 0 Å². The van der Waals surface area contributed by atoms with Crippen molar-refractivity contribution in [2.45, 2.75) is 38.6 Å². The Hall–Kier alpha value is -3.78. The molecule has 5 rings (SSSR count). The fourth-order valence-electron chi connectivity index (χ4n) is 4.44. The predicted molar refractivity (Wildman–Crippen MR) is 134 cm³/mol. The molecule has 174 valence electrons. The molecule has 34 heavy (non-hydrogen) atoms. The summed E-state index contributed by atoms with van der Waals surface area (Å²) in [4.78, 5) is 23.6. The molecule has 0 radical (unpaired) electrons. The van der Waals surface area contributed by atoms with E-state index in [9.17, 15) is 4.79 Å². The van der Waals surface area contributed by atoms with Gasteiger partial charge in [0.15, 0.2) is 0 Å². The highest BCUT2D eigenvalue weighted by Crippen LogP contribution is 2.27. The van der Waals surface area contributed by atoms with Gasteiger partial charge in [0.1, 0.15) is 0 Å². The maximum Gasteiger partial charge on any atom is 0.244 e. The molecule has 0 aliphatic carbocycles. The number of benzene rings is 1. The molecule has 8 nitrogen and oxygen atoms in total. The normalized spacial score (nSPS) is 16.4. The Kier molecular flexibility index (Phi) is 5.98. The van der Waals surface area contributed by atoms with Crippen molar-refractivity contribution >= 4 is 28.7 Å². The number of hydrogen-bond donors (Lipinski definition) is 2. The van der Waals surface area contributed by atoms with Gasteiger partial charge in [0.25, 0.3) is 0 Å². The van der Waals surface area contributed by atoms with Gasteiger partial charge in [0, 0.05) is 41.4 Å². The van der Waals surface area contributed by atoms with Crippen LogP contribution in [0.25, 0.3) is 16.8 Å². The van der Waals surface area contributed by atoms with Crippen LogP contribution in [0, 0.1) is 0 Å². The number of piperidine rings is 1. The number of fused-ring (bicyclic) bond motifs is 1. The zero-order valence-corrected chi connectivity index (χ0v) is 19.7. The van der Waals surface area contributed by atoms with Crippen LogP contribution in [0.1, 0.15) is 38.2 Å². The highest BCUT2D eigenvalue weighted by molar-refractivity contribution is 5.98. The average Bonchev–Trinajstić information content (AvgIpc) is 3.29. The van der Waals surface area contributed by atoms with Gasteiger partial charge in [0.05, 0.1) is 23.4 Å². The van der Waals surface area contributed by atoms with Gasteiger partial charge < -0.3 is 15.5 Å². The number of aromatic nitrogens is 4. The lowest BCUT2D eigenvalue weighted by molar-refractivity contribution is -0.121. The third-order valence-electron chi connectivity index (χ3n) is 6.35. The van der Waals surface area contributed by atoms with Crippen molar-refractivity contribution in [3.8, 4) is 11.3 Å². The zero-order valence-electron chi connectivity index (χ0n) is 19.7. The number of likely N-dealkylation sites (N-methyl/N-ethyl adjacent to an activating group) is 1. The van der Waals surface area contributed by atoms with E-state index in [0.29, 0.717) is 11.9 Å². The van der Waals surface area contributed by atoms with Gasteiger partial charge in [-0.3, -0.25) is 4.79 Å². The molecule has 1 saturated heterocycles. The Balaban J connectivity index is 1.35. The van der Waals surface area contributed by atoms with Crippen LogP contribution in [-0.2, 0) is 4.79 Å². The van der Waals surface area contributed by atoms with E-state index in [1.165, 1.54) is 5.56 Å². The van der Waals surface area contributed by atoms with E-state index in [2.05, 4.69) is 40.6 Å². The quantitative estimate of drug-likeness (QED) is 0.449. The topological polar surface area (TPSA) is 87.4 Å². The number of amides is 1. The lowest BCUT2D eigenvalue weighted by atomic mass is 10.0. The Morgan fingerprint density at radius 2 is 1.94 bits per heavy atom. The summed E-state index contributed by atoms with van der Waals surface area (Å²) in [5.74, 6) is 1.04. The molecule has 1 aromatic carbocycles. The van der Waals surface area contributed by atoms with E-state index in [4.69, 9.17) is 4.98 Å². The second kappa shape index (κ2) is 9.23. The summed E-state index contributed by atoms with van der Waals surface area (Å²) in [6.45, 7) is 5.08. The smallest absolute Gasteiger partial charge is 0.244 e. The molecule has 1 amide bonds. The van der Waals surface area contributed by atoms with E-state index < -0.39 is 0 Å². The Labute approximate surface area is 199 Å². The Morgan fingerprint density at radius 3 is 2.71 bits per heavy atom. The molecule has 8 heteroatoms. The van der Waals surface area contributed by atoms with Crippen molar-refractivity contribution in [2.24, 2.45) is 0 Å². The monoisotopic (exact) mass is 455 g/mol. The van der Waals surface area contributed by atoms with Gasteiger partial charge >= 0.3 is 0 Å². The Morgan fingerprint density at radius 1 is 1.12 bits per heavy atom. The highest BCUT2D eigenvalue weighted by atomic mass is 16.2. The maximum atomic E-state index is 12.7. The molecular formula is C26H29N7O. The van der Waals surface area contributed by atoms with Gasteiger partial charge in [0.2, 0.25) is 11.9 Å². The predicted octanol–water partition coefficient (Wildman–Crippen LogP) is 4.37. The fraction of sp³-hybridized carbons (Fsp3) is 0.308. The molecule has 0 bridgehead atoms. The summed E-state index contributed by atoms with van der Waals surface area (Å²) >= 11 is 0. The minimum atomic E-state index is -0.110. The number of hydrogen-bond acceptors (Lipinski definition) is 6. The lowest BCUT2D eigenvalue weighted by Crippen LogP contribution is -2.49. The van der Waals surface area contributed by atoms with Crippen LogP contribution in [0.2, 0.25) is 0 Å². The number of carbonyl (C=O) groups is 1. The first kappa shape index (κ1) is 22.0. The summed E-state index contributed by atoms with van der Waals surface area (Å²) in [7, 11) is 1.84. The first-order chi connectivity index (χ1) is 16.5. The third-order valence-corrected chi connectivity index (χ3v) is 6.35. The standard InChI is InChI=1S/C26H29N7O/c1-17(2)21-16-29-33-14-11-18(15-24(21)33)22-10-12-28-26(31-22)30-19-6-8-20(9-7-19)32-13-4-5-23(27-3)25(32)34/h6-12,14-17,23,27H,4-5,13H2,1-3H3,(H,28,30,31). The molecule has 0 saturated carbocycles. The van der Waals surface area contributed by atoms with Crippen LogP contribution in [0.5, 0.6) is 0 Å². The van der Waals surface area contributed by atoms with Crippen LogP contribution < -0.4 is 15.5 Å². The van der Waals surface area contributed by atoms with E-state index in [0.717, 1.165) is 47.5 Å². The summed E-state index contributed by atoms with van der Waals surface area (Å²) < 4.78 is 1.90. The molecule has 1 unspecified atom stereocenters. The number of nitrogens with one attached hydrogen (secondary N) is 2. The Bertz CT molecular complexity index is 1310. The van der Waals surface area contributed by atoms with Crippen molar-refractivity contribution in [1.29, 1.82) is 0 Å². The van der Waals surface area contributed by atoms with Crippen molar-refractivity contribution in [3.05, 3.63) is 66.6 Å². The van der Waals surface area contributed by atoms with Crippen LogP contribution in [0.4, 0.5) is 17.3 Å². The molecule has 1 aliphatic rings. The minimum Gasteiger partial charge on any atom is -0.324 e. The van der Waals surface area contributed by atoms with E-state index >= 15 is 0 Å². The number of carbonyl (C=O) groups excluding carboxylic acids is 1. The van der Waals surface area contributed by atoms with Crippen molar-refractivity contribution in [2.75, 3.05) is 23.8 Å². The van der Waals surface area contributed by atoms with Gasteiger partial charge in [-0.25, -0.2) is 14.5 Å². The molecule has 1 fully saturated rings. The SMILES string of the molecule is CNC1CCCN(c2ccc(Nc3nccc(-c4ccn5ncc(C(C)C)c5c4)n3)cc2)C1=O. The molecule has 1 aliphatic heterocycles. The molecule has 4 aromatic rings. The third kappa shape index (κ3) is 4.24. The average molecular weight is 456 g/mol. The minimum absolute atomic E-state index is 0.110. The lowest BCUT2D eigenvalue weighted by Gasteiger charge is -2.32. The largest absolute Gasteiger partial charge is 0.324 e. The van der Waals surface area contributed by atoms with Crippen LogP contribution in [-0.4, -0.2) is 45.1 Å². The van der Waals surface area contributed by atoms with Gasteiger partial charge in [-0.2, -0.15) is 5.10 Å². The second-order valence-corrected chi connectivity index (χ2v) is 8.91. The second-order valence-electron chi connectivity index (χ2n) is 8.91. The highest BCUT2D eigenvalue weighted by Gasteiger charge is 2.28. The van der Waals surface area contributed by atoms with Crippen LogP contribution in [0.15, 0.2) is 61.1 Å². The van der Waals surface area contributed by atoms with Gasteiger partial charge in [-0.15, -0.1) is 0 Å². The van der Waals surface area contributed by atoms with E-state index in [-0.39, 0.29) is 11.9 Å². The number of rotatable bonds is 6. The van der Waals surface area contributed by atoms with E-state index in [1.54, 1.807) is 6.20 Å². The van der Waals surface area contributed by atoms with Crippen LogP contribution >= 0.6 is 0 Å². The fourth-order valence-corrected chi connectivity index (χ4v) is 4.44. The first-order valence-electron chi connectivity index (χ1n) is 11.7. The zero-order chi connectivity index (χ0) is 23.7.